The number of rotatable bonds is 18. The van der Waals surface area contributed by atoms with Crippen LogP contribution in [0.3, 0.4) is 0 Å². The van der Waals surface area contributed by atoms with Gasteiger partial charge in [-0.05, 0) is 103 Å². The van der Waals surface area contributed by atoms with Crippen molar-refractivity contribution in [3.05, 3.63) is 118 Å². The van der Waals surface area contributed by atoms with E-state index in [1.165, 1.54) is 24.3 Å². The van der Waals surface area contributed by atoms with Gasteiger partial charge >= 0.3 is 12.2 Å². The largest absolute Gasteiger partial charge is 0.455 e. The van der Waals surface area contributed by atoms with E-state index >= 15 is 0 Å². The van der Waals surface area contributed by atoms with Crippen molar-refractivity contribution < 1.29 is 54.1 Å². The highest BCUT2D eigenvalue weighted by Gasteiger charge is 2.42. The van der Waals surface area contributed by atoms with Crippen molar-refractivity contribution in [3.63, 3.8) is 0 Å². The first kappa shape index (κ1) is 39.3. The van der Waals surface area contributed by atoms with Gasteiger partial charge in [0.15, 0.2) is 0 Å². The Morgan fingerprint density at radius 1 is 0.549 bits per heavy atom. The van der Waals surface area contributed by atoms with Crippen LogP contribution in [0.25, 0.3) is 0 Å². The topological polar surface area (TPSA) is 36.9 Å². The summed E-state index contributed by atoms with van der Waals surface area (Å²) in [4.78, 5) is 0. The van der Waals surface area contributed by atoms with E-state index < -0.39 is 52.9 Å². The quantitative estimate of drug-likeness (QED) is 0.0582. The van der Waals surface area contributed by atoms with E-state index in [4.69, 9.17) is 18.9 Å². The summed E-state index contributed by atoms with van der Waals surface area (Å²) < 4.78 is 139. The Labute approximate surface area is 292 Å². The number of alkyl halides is 4. The highest BCUT2D eigenvalue weighted by atomic mass is 19.3. The fraction of sp³-hybridized carbons (Fsp3) is 0.385. The molecular weight excluding hydrogens is 684 g/mol. The predicted molar refractivity (Wildman–Crippen MR) is 177 cm³/mol. The van der Waals surface area contributed by atoms with Gasteiger partial charge < -0.3 is 18.9 Å². The second-order valence-corrected chi connectivity index (χ2v) is 12.4. The molecule has 4 aromatic rings. The summed E-state index contributed by atoms with van der Waals surface area (Å²) in [6.45, 7) is 7.18. The van der Waals surface area contributed by atoms with Crippen molar-refractivity contribution >= 4 is 0 Å². The number of hydrogen-bond acceptors (Lipinski definition) is 4. The highest BCUT2D eigenvalue weighted by Crippen LogP contribution is 2.38. The predicted octanol–water partition coefficient (Wildman–Crippen LogP) is 12.3. The van der Waals surface area contributed by atoms with Crippen molar-refractivity contribution in [3.8, 4) is 23.0 Å². The zero-order chi connectivity index (χ0) is 37.3. The minimum absolute atomic E-state index is 0.193. The van der Waals surface area contributed by atoms with E-state index in [1.807, 2.05) is 6.92 Å². The summed E-state index contributed by atoms with van der Waals surface area (Å²) in [5.41, 5.74) is -2.53. The fourth-order valence-corrected chi connectivity index (χ4v) is 5.29. The van der Waals surface area contributed by atoms with Gasteiger partial charge in [-0.2, -0.15) is 17.6 Å². The molecule has 12 heteroatoms. The van der Waals surface area contributed by atoms with Crippen LogP contribution < -0.4 is 18.9 Å². The second kappa shape index (κ2) is 17.2. The number of ether oxygens (including phenoxy) is 4. The minimum Gasteiger partial charge on any atom is -0.455 e. The molecule has 0 N–H and O–H groups in total. The van der Waals surface area contributed by atoms with E-state index in [2.05, 4.69) is 0 Å². The van der Waals surface area contributed by atoms with Gasteiger partial charge in [0.1, 0.15) is 57.4 Å². The third-order valence-electron chi connectivity index (χ3n) is 7.92. The molecule has 0 fully saturated rings. The summed E-state index contributed by atoms with van der Waals surface area (Å²) in [6.07, 6.45) is -4.77. The summed E-state index contributed by atoms with van der Waals surface area (Å²) in [5.74, 6) is -6.36. The van der Waals surface area contributed by atoms with Crippen LogP contribution in [0, 0.1) is 23.3 Å². The van der Waals surface area contributed by atoms with Gasteiger partial charge in [0.05, 0.1) is 0 Å². The Morgan fingerprint density at radius 2 is 0.961 bits per heavy atom. The van der Waals surface area contributed by atoms with Crippen LogP contribution in [-0.2, 0) is 18.6 Å². The first-order valence-electron chi connectivity index (χ1n) is 16.8. The van der Waals surface area contributed by atoms with Gasteiger partial charge in [0.2, 0.25) is 6.29 Å². The third-order valence-corrected chi connectivity index (χ3v) is 7.92. The van der Waals surface area contributed by atoms with E-state index in [-0.39, 0.29) is 40.0 Å². The lowest BCUT2D eigenvalue weighted by Crippen LogP contribution is -2.26. The van der Waals surface area contributed by atoms with E-state index in [0.717, 1.165) is 67.8 Å². The van der Waals surface area contributed by atoms with Crippen molar-refractivity contribution in [2.24, 2.45) is 0 Å². The van der Waals surface area contributed by atoms with Gasteiger partial charge in [-0.1, -0.05) is 53.4 Å². The van der Waals surface area contributed by atoms with Gasteiger partial charge in [-0.15, -0.1) is 0 Å². The van der Waals surface area contributed by atoms with E-state index in [9.17, 15) is 35.1 Å². The first-order chi connectivity index (χ1) is 24.1. The van der Waals surface area contributed by atoms with Crippen molar-refractivity contribution in [1.29, 1.82) is 0 Å². The monoisotopic (exact) mass is 724 g/mol. The maximum absolute atomic E-state index is 14.9. The number of hydrogen-bond donors (Lipinski definition) is 0. The molecule has 0 amide bonds. The smallest absolute Gasteiger partial charge is 0.432 e. The number of halogens is 8. The Kier molecular flexibility index (Phi) is 13.2. The van der Waals surface area contributed by atoms with Gasteiger partial charge in [0.25, 0.3) is 0 Å². The van der Waals surface area contributed by atoms with Gasteiger partial charge in [-0.3, -0.25) is 0 Å². The Hall–Kier alpha value is -4.48. The normalized spacial score (nSPS) is 12.6. The minimum atomic E-state index is -4.32. The van der Waals surface area contributed by atoms with E-state index in [1.54, 1.807) is 20.8 Å². The number of unbranched alkanes of at least 4 members (excludes halogenated alkanes) is 3. The Balaban J connectivity index is 1.44. The Morgan fingerprint density at radius 3 is 1.35 bits per heavy atom. The van der Waals surface area contributed by atoms with Gasteiger partial charge in [0, 0.05) is 6.42 Å². The van der Waals surface area contributed by atoms with Crippen LogP contribution in [0.1, 0.15) is 94.4 Å². The average Bonchev–Trinajstić information content (AvgIpc) is 3.03. The molecule has 0 heterocycles. The van der Waals surface area contributed by atoms with E-state index in [0.29, 0.717) is 25.7 Å². The molecule has 4 rings (SSSR count). The summed E-state index contributed by atoms with van der Waals surface area (Å²) in [7, 11) is 0. The molecule has 0 aliphatic heterocycles. The molecule has 0 aromatic heterocycles. The third kappa shape index (κ3) is 10.5. The summed E-state index contributed by atoms with van der Waals surface area (Å²) >= 11 is 0. The molecule has 0 radical (unpaired) electrons. The average molecular weight is 725 g/mol. The SMILES string of the molecule is CCCCCCC(Oc1ccc(OC(F)(F)c2c(F)cc(CCC)cc2F)cc1)Oc1ccc(OC(F)(F)c2c(F)cc(C(C)C)cc2F)cc1. The zero-order valence-electron chi connectivity index (χ0n) is 28.7. The molecule has 0 saturated heterocycles. The lowest BCUT2D eigenvalue weighted by Gasteiger charge is -2.23. The standard InChI is InChI=1S/C39H40F8O4/c1-5-7-8-9-11-35(48-27-12-16-29(17-13-27)50-38(44,45)36-31(40)20-25(10-6-2)21-32(36)41)49-28-14-18-30(19-15-28)51-39(46,47)37-33(42)22-26(24(3)4)23-34(37)43/h12-24,35H,5-11H2,1-4H3. The Bertz CT molecular complexity index is 1680. The fourth-order valence-electron chi connectivity index (χ4n) is 5.29. The van der Waals surface area contributed by atoms with Crippen LogP contribution in [-0.4, -0.2) is 6.29 Å². The maximum atomic E-state index is 14.9. The molecule has 1 unspecified atom stereocenters. The van der Waals surface area contributed by atoms with Crippen molar-refractivity contribution in [1.82, 2.24) is 0 Å². The van der Waals surface area contributed by atoms with Crippen LogP contribution in [0.15, 0.2) is 72.8 Å². The molecule has 0 spiro atoms. The highest BCUT2D eigenvalue weighted by molar-refractivity contribution is 5.36. The van der Waals surface area contributed by atoms with Gasteiger partial charge in [-0.25, -0.2) is 17.6 Å². The van der Waals surface area contributed by atoms with Crippen molar-refractivity contribution in [2.45, 2.75) is 97.1 Å². The lowest BCUT2D eigenvalue weighted by molar-refractivity contribution is -0.190. The molecule has 0 aliphatic rings. The number of benzene rings is 4. The van der Waals surface area contributed by atoms with Crippen LogP contribution in [0.4, 0.5) is 35.1 Å². The van der Waals surface area contributed by atoms with Crippen LogP contribution in [0.5, 0.6) is 23.0 Å². The van der Waals surface area contributed by atoms with Crippen molar-refractivity contribution in [2.75, 3.05) is 0 Å². The molecule has 0 saturated carbocycles. The molecule has 4 aromatic carbocycles. The second-order valence-electron chi connectivity index (χ2n) is 12.4. The number of aryl methyl sites for hydroxylation is 1. The molecule has 4 nitrogen and oxygen atoms in total. The summed E-state index contributed by atoms with van der Waals surface area (Å²) in [5, 5.41) is 0. The molecular formula is C39H40F8O4. The molecule has 0 bridgehead atoms. The molecule has 51 heavy (non-hydrogen) atoms. The molecule has 1 atom stereocenters. The maximum Gasteiger partial charge on any atom is 0.432 e. The van der Waals surface area contributed by atoms with Crippen LogP contribution >= 0.6 is 0 Å². The van der Waals surface area contributed by atoms with Crippen LogP contribution in [0.2, 0.25) is 0 Å². The first-order valence-corrected chi connectivity index (χ1v) is 16.8. The molecule has 276 valence electrons. The molecule has 0 aliphatic carbocycles. The zero-order valence-corrected chi connectivity index (χ0v) is 28.7. The summed E-state index contributed by atoms with van der Waals surface area (Å²) in [6, 6.07) is 13.3. The lowest BCUT2D eigenvalue weighted by atomic mass is 10.0.